The highest BCUT2D eigenvalue weighted by molar-refractivity contribution is 6.27. The molecule has 0 aromatic carbocycles. The molecule has 0 saturated carbocycles. The third-order valence-electron chi connectivity index (χ3n) is 2.92. The maximum atomic E-state index is 11.5. The van der Waals surface area contributed by atoms with Crippen molar-refractivity contribution >= 4 is 29.8 Å². The molecule has 1 rings (SSSR count). The lowest BCUT2D eigenvalue weighted by Gasteiger charge is -2.12. The van der Waals surface area contributed by atoms with Crippen LogP contribution in [0.25, 0.3) is 0 Å². The summed E-state index contributed by atoms with van der Waals surface area (Å²) in [5, 5.41) is 29.6. The summed E-state index contributed by atoms with van der Waals surface area (Å²) in [6.07, 6.45) is 0.771. The van der Waals surface area contributed by atoms with Gasteiger partial charge in [-0.2, -0.15) is 0 Å². The molecule has 0 fully saturated rings. The Hall–Kier alpha value is -3.74. The lowest BCUT2D eigenvalue weighted by molar-refractivity contribution is -0.159. The molecule has 1 aromatic heterocycles. The third kappa shape index (κ3) is 16.9. The Balaban J connectivity index is 0. The average molecular weight is 446 g/mol. The largest absolute Gasteiger partial charge is 0.480 e. The van der Waals surface area contributed by atoms with E-state index < -0.39 is 23.9 Å². The van der Waals surface area contributed by atoms with E-state index in [4.69, 9.17) is 49.1 Å². The number of carboxylic acid groups (broad SMARTS) is 4. The second-order valence-electron chi connectivity index (χ2n) is 5.78. The van der Waals surface area contributed by atoms with Crippen molar-refractivity contribution in [2.45, 2.75) is 20.3 Å². The molecule has 0 atom stereocenters. The van der Waals surface area contributed by atoms with Crippen LogP contribution < -0.4 is 4.74 Å². The highest BCUT2D eigenvalue weighted by Crippen LogP contribution is 2.17. The van der Waals surface area contributed by atoms with Crippen molar-refractivity contribution in [1.29, 1.82) is 0 Å². The number of hydrogen-bond donors (Lipinski definition) is 4. The molecular weight excluding hydrogens is 420 g/mol. The molecule has 0 aliphatic carbocycles. The summed E-state index contributed by atoms with van der Waals surface area (Å²) in [6.45, 7) is 4.94. The van der Waals surface area contributed by atoms with Crippen LogP contribution in [0.5, 0.6) is 5.75 Å². The fourth-order valence-electron chi connectivity index (χ4n) is 1.50. The predicted molar refractivity (Wildman–Crippen MR) is 104 cm³/mol. The van der Waals surface area contributed by atoms with E-state index in [9.17, 15) is 4.79 Å². The second kappa shape index (κ2) is 16.1. The van der Waals surface area contributed by atoms with Crippen LogP contribution in [0.3, 0.4) is 0 Å². The van der Waals surface area contributed by atoms with Crippen molar-refractivity contribution in [1.82, 2.24) is 9.88 Å². The third-order valence-corrected chi connectivity index (χ3v) is 2.92. The SMILES string of the molecule is CCc1nc(C)ccc1OCC(=O)OCCN(C)C.O=C(O)C(=O)O.O=C(O)C(=O)O. The lowest BCUT2D eigenvalue weighted by Crippen LogP contribution is -2.23. The molecule has 0 amide bonds. The quantitative estimate of drug-likeness (QED) is 0.316. The van der Waals surface area contributed by atoms with Crippen LogP contribution in [0.2, 0.25) is 0 Å². The molecule has 1 aromatic rings. The summed E-state index contributed by atoms with van der Waals surface area (Å²) in [6, 6.07) is 3.71. The highest BCUT2D eigenvalue weighted by Gasteiger charge is 2.08. The van der Waals surface area contributed by atoms with Crippen LogP contribution in [0, 0.1) is 6.92 Å². The van der Waals surface area contributed by atoms with E-state index in [1.165, 1.54) is 0 Å². The summed E-state index contributed by atoms with van der Waals surface area (Å²) in [5.74, 6) is -7.00. The van der Waals surface area contributed by atoms with Crippen molar-refractivity contribution < 1.29 is 53.9 Å². The zero-order valence-corrected chi connectivity index (χ0v) is 17.5. The zero-order chi connectivity index (χ0) is 24.6. The smallest absolute Gasteiger partial charge is 0.414 e. The van der Waals surface area contributed by atoms with Crippen molar-refractivity contribution in [2.75, 3.05) is 33.9 Å². The first-order chi connectivity index (χ1) is 14.3. The minimum atomic E-state index is -1.82. The molecule has 0 aliphatic heterocycles. The molecule has 0 radical (unpaired) electrons. The first-order valence-corrected chi connectivity index (χ1v) is 8.63. The number of carboxylic acids is 4. The second-order valence-corrected chi connectivity index (χ2v) is 5.78. The number of aromatic nitrogens is 1. The van der Waals surface area contributed by atoms with Gasteiger partial charge in [-0.25, -0.2) is 24.0 Å². The van der Waals surface area contributed by atoms with Crippen LogP contribution >= 0.6 is 0 Å². The summed E-state index contributed by atoms with van der Waals surface area (Å²) in [4.78, 5) is 54.2. The molecule has 0 bridgehead atoms. The van der Waals surface area contributed by atoms with E-state index in [-0.39, 0.29) is 12.6 Å². The fraction of sp³-hybridized carbons (Fsp3) is 0.444. The maximum absolute atomic E-state index is 11.5. The highest BCUT2D eigenvalue weighted by atomic mass is 16.6. The van der Waals surface area contributed by atoms with E-state index in [0.717, 1.165) is 17.8 Å². The van der Waals surface area contributed by atoms with E-state index in [2.05, 4.69) is 4.98 Å². The number of carbonyl (C=O) groups is 5. The number of carbonyl (C=O) groups excluding carboxylic acids is 1. The Labute approximate surface area is 177 Å². The average Bonchev–Trinajstić information content (AvgIpc) is 2.67. The van der Waals surface area contributed by atoms with Gasteiger partial charge >= 0.3 is 29.8 Å². The number of rotatable bonds is 7. The summed E-state index contributed by atoms with van der Waals surface area (Å²) < 4.78 is 10.5. The van der Waals surface area contributed by atoms with Gasteiger partial charge in [-0.15, -0.1) is 0 Å². The Bertz CT molecular complexity index is 715. The minimum Gasteiger partial charge on any atom is -0.480 e. The Morgan fingerprint density at radius 1 is 0.935 bits per heavy atom. The summed E-state index contributed by atoms with van der Waals surface area (Å²) in [7, 11) is 3.85. The first kappa shape index (κ1) is 29.5. The van der Waals surface area contributed by atoms with Gasteiger partial charge in [0.15, 0.2) is 6.61 Å². The number of nitrogens with zero attached hydrogens (tertiary/aromatic N) is 2. The van der Waals surface area contributed by atoms with Gasteiger partial charge in [0, 0.05) is 12.2 Å². The molecule has 13 nitrogen and oxygen atoms in total. The maximum Gasteiger partial charge on any atom is 0.414 e. The van der Waals surface area contributed by atoms with Gasteiger partial charge in [0.25, 0.3) is 0 Å². The Kier molecular flexibility index (Phi) is 15.3. The monoisotopic (exact) mass is 446 g/mol. The fourth-order valence-corrected chi connectivity index (χ4v) is 1.50. The van der Waals surface area contributed by atoms with Crippen LogP contribution in [-0.2, 0) is 35.1 Å². The molecule has 31 heavy (non-hydrogen) atoms. The molecule has 13 heteroatoms. The zero-order valence-electron chi connectivity index (χ0n) is 17.5. The van der Waals surface area contributed by atoms with Crippen molar-refractivity contribution in [3.63, 3.8) is 0 Å². The number of esters is 1. The minimum absolute atomic E-state index is 0.0782. The Morgan fingerprint density at radius 3 is 1.81 bits per heavy atom. The number of aryl methyl sites for hydroxylation is 2. The molecule has 4 N–H and O–H groups in total. The van der Waals surface area contributed by atoms with Crippen LogP contribution in [0.15, 0.2) is 12.1 Å². The van der Waals surface area contributed by atoms with E-state index >= 15 is 0 Å². The molecule has 1 heterocycles. The molecule has 0 saturated heterocycles. The van der Waals surface area contributed by atoms with Crippen molar-refractivity contribution in [3.8, 4) is 5.75 Å². The van der Waals surface area contributed by atoms with Crippen molar-refractivity contribution in [3.05, 3.63) is 23.5 Å². The molecular formula is C18H26N2O11. The van der Waals surface area contributed by atoms with Crippen LogP contribution in [-0.4, -0.2) is 94.0 Å². The van der Waals surface area contributed by atoms with Crippen LogP contribution in [0.1, 0.15) is 18.3 Å². The number of likely N-dealkylation sites (N-methyl/N-ethyl adjacent to an activating group) is 1. The summed E-state index contributed by atoms with van der Waals surface area (Å²) in [5.41, 5.74) is 1.80. The number of pyridine rings is 1. The topological polar surface area (TPSA) is 201 Å². The lowest BCUT2D eigenvalue weighted by atomic mass is 10.2. The predicted octanol–water partition coefficient (Wildman–Crippen LogP) is -0.253. The molecule has 0 unspecified atom stereocenters. The first-order valence-electron chi connectivity index (χ1n) is 8.63. The summed E-state index contributed by atoms with van der Waals surface area (Å²) >= 11 is 0. The molecule has 0 spiro atoms. The molecule has 0 aliphatic rings. The van der Waals surface area contributed by atoms with Gasteiger partial charge < -0.3 is 34.8 Å². The normalized spacial score (nSPS) is 9.32. The van der Waals surface area contributed by atoms with E-state index in [1.807, 2.05) is 45.0 Å². The van der Waals surface area contributed by atoms with Crippen molar-refractivity contribution in [2.24, 2.45) is 0 Å². The van der Waals surface area contributed by atoms with E-state index in [0.29, 0.717) is 18.9 Å². The Morgan fingerprint density at radius 2 is 1.42 bits per heavy atom. The van der Waals surface area contributed by atoms with Crippen LogP contribution in [0.4, 0.5) is 0 Å². The molecule has 174 valence electrons. The number of hydrogen-bond acceptors (Lipinski definition) is 9. The number of aliphatic carboxylic acids is 4. The van der Waals surface area contributed by atoms with Gasteiger partial charge in [0.2, 0.25) is 0 Å². The van der Waals surface area contributed by atoms with Gasteiger partial charge in [-0.1, -0.05) is 6.92 Å². The van der Waals surface area contributed by atoms with Gasteiger partial charge in [-0.3, -0.25) is 4.98 Å². The number of ether oxygens (including phenoxy) is 2. The van der Waals surface area contributed by atoms with E-state index in [1.54, 1.807) is 0 Å². The van der Waals surface area contributed by atoms with Gasteiger partial charge in [-0.05, 0) is 39.6 Å². The van der Waals surface area contributed by atoms with Gasteiger partial charge in [0.1, 0.15) is 12.4 Å². The standard InChI is InChI=1S/C14H22N2O3.2C2H2O4/c1-5-12-13(7-6-11(2)15-12)19-10-14(17)18-9-8-16(3)4;2*3-1(4)2(5)6/h6-7H,5,8-10H2,1-4H3;2*(H,3,4)(H,5,6). The van der Waals surface area contributed by atoms with Gasteiger partial charge in [0.05, 0.1) is 5.69 Å².